The third-order valence-corrected chi connectivity index (χ3v) is 5.35. The van der Waals surface area contributed by atoms with Crippen LogP contribution in [0.1, 0.15) is 27.9 Å². The topological polar surface area (TPSA) is 113 Å². The lowest BCUT2D eigenvalue weighted by atomic mass is 10.0. The largest absolute Gasteiger partial charge is 0.410 e. The predicted octanol–water partition coefficient (Wildman–Crippen LogP) is 3.40. The molecule has 0 saturated carbocycles. The van der Waals surface area contributed by atoms with Crippen LogP contribution >= 0.6 is 11.3 Å². The van der Waals surface area contributed by atoms with Gasteiger partial charge in [-0.05, 0) is 29.8 Å². The maximum absolute atomic E-state index is 12.2. The fourth-order valence-electron chi connectivity index (χ4n) is 3.06. The SMILES string of the molecule is CCNC(=O)c1cc2c(C(=NO)c3ccc4ccccc4c3)nc(N)nc2s1. The van der Waals surface area contributed by atoms with Crippen LogP contribution in [0.4, 0.5) is 5.95 Å². The van der Waals surface area contributed by atoms with E-state index in [0.717, 1.165) is 10.8 Å². The maximum Gasteiger partial charge on any atom is 0.261 e. The third kappa shape index (κ3) is 3.14. The van der Waals surface area contributed by atoms with Crippen LogP contribution in [-0.2, 0) is 0 Å². The molecule has 1 amide bonds. The van der Waals surface area contributed by atoms with Crippen LogP contribution in [0, 0.1) is 0 Å². The molecule has 2 aromatic heterocycles. The van der Waals surface area contributed by atoms with E-state index < -0.39 is 0 Å². The van der Waals surface area contributed by atoms with E-state index in [1.165, 1.54) is 11.3 Å². The summed E-state index contributed by atoms with van der Waals surface area (Å²) in [6, 6.07) is 15.3. The molecule has 0 spiro atoms. The number of carbonyl (C=O) groups excluding carboxylic acids is 1. The fraction of sp³-hybridized carbons (Fsp3) is 0.100. The van der Waals surface area contributed by atoms with Crippen molar-refractivity contribution in [2.45, 2.75) is 6.92 Å². The number of hydrogen-bond acceptors (Lipinski definition) is 7. The molecule has 8 heteroatoms. The molecule has 0 saturated heterocycles. The predicted molar refractivity (Wildman–Crippen MR) is 111 cm³/mol. The molecule has 7 nitrogen and oxygen atoms in total. The summed E-state index contributed by atoms with van der Waals surface area (Å²) in [7, 11) is 0. The summed E-state index contributed by atoms with van der Waals surface area (Å²) in [6.07, 6.45) is 0. The molecule has 0 unspecified atom stereocenters. The van der Waals surface area contributed by atoms with Gasteiger partial charge in [-0.1, -0.05) is 41.6 Å². The highest BCUT2D eigenvalue weighted by Gasteiger charge is 2.20. The number of rotatable bonds is 4. The Morgan fingerprint density at radius 2 is 1.96 bits per heavy atom. The van der Waals surface area contributed by atoms with Gasteiger partial charge >= 0.3 is 0 Å². The van der Waals surface area contributed by atoms with Gasteiger partial charge in [0.1, 0.15) is 16.2 Å². The number of carbonyl (C=O) groups is 1. The van der Waals surface area contributed by atoms with Crippen molar-refractivity contribution in [2.24, 2.45) is 5.16 Å². The maximum atomic E-state index is 12.2. The molecule has 0 aliphatic rings. The number of benzene rings is 2. The second kappa shape index (κ2) is 7.24. The number of nitrogens with zero attached hydrogens (tertiary/aromatic N) is 3. The van der Waals surface area contributed by atoms with Crippen molar-refractivity contribution in [1.82, 2.24) is 15.3 Å². The van der Waals surface area contributed by atoms with Crippen LogP contribution in [0.2, 0.25) is 0 Å². The minimum Gasteiger partial charge on any atom is -0.410 e. The Hall–Kier alpha value is -3.52. The van der Waals surface area contributed by atoms with Gasteiger partial charge in [-0.15, -0.1) is 11.3 Å². The van der Waals surface area contributed by atoms with Crippen LogP contribution in [-0.4, -0.2) is 33.3 Å². The molecule has 0 aliphatic carbocycles. The lowest BCUT2D eigenvalue weighted by Gasteiger charge is -2.08. The summed E-state index contributed by atoms with van der Waals surface area (Å²) in [4.78, 5) is 21.8. The molecule has 140 valence electrons. The quantitative estimate of drug-likeness (QED) is 0.280. The highest BCUT2D eigenvalue weighted by atomic mass is 32.1. The zero-order valence-corrected chi connectivity index (χ0v) is 15.8. The minimum atomic E-state index is -0.191. The Labute approximate surface area is 164 Å². The molecule has 4 aromatic rings. The van der Waals surface area contributed by atoms with Gasteiger partial charge in [-0.3, -0.25) is 4.79 Å². The van der Waals surface area contributed by atoms with E-state index >= 15 is 0 Å². The molecule has 0 aliphatic heterocycles. The van der Waals surface area contributed by atoms with E-state index in [0.29, 0.717) is 32.9 Å². The van der Waals surface area contributed by atoms with Gasteiger partial charge in [0.2, 0.25) is 5.95 Å². The Morgan fingerprint density at radius 3 is 2.71 bits per heavy atom. The molecule has 4 N–H and O–H groups in total. The molecule has 2 aromatic carbocycles. The number of fused-ring (bicyclic) bond motifs is 2. The second-order valence-electron chi connectivity index (χ2n) is 6.13. The molecule has 0 fully saturated rings. The van der Waals surface area contributed by atoms with Crippen LogP contribution in [0.3, 0.4) is 0 Å². The Balaban J connectivity index is 1.88. The number of nitrogen functional groups attached to an aromatic ring is 1. The summed E-state index contributed by atoms with van der Waals surface area (Å²) in [5.74, 6) is -0.142. The van der Waals surface area contributed by atoms with Crippen molar-refractivity contribution in [2.75, 3.05) is 12.3 Å². The fourth-order valence-corrected chi connectivity index (χ4v) is 4.01. The number of nitrogens with one attached hydrogen (secondary N) is 1. The van der Waals surface area contributed by atoms with Gasteiger partial charge in [0.15, 0.2) is 0 Å². The van der Waals surface area contributed by atoms with Gasteiger partial charge in [0.25, 0.3) is 5.91 Å². The normalized spacial score (nSPS) is 11.8. The smallest absolute Gasteiger partial charge is 0.261 e. The number of thiophene rings is 1. The van der Waals surface area contributed by atoms with E-state index in [9.17, 15) is 10.0 Å². The Morgan fingerprint density at radius 1 is 1.18 bits per heavy atom. The van der Waals surface area contributed by atoms with E-state index in [2.05, 4.69) is 20.4 Å². The molecule has 4 rings (SSSR count). The number of oxime groups is 1. The van der Waals surface area contributed by atoms with Crippen molar-refractivity contribution < 1.29 is 10.0 Å². The lowest BCUT2D eigenvalue weighted by Crippen LogP contribution is -2.21. The van der Waals surface area contributed by atoms with Crippen molar-refractivity contribution in [3.8, 4) is 0 Å². The zero-order valence-electron chi connectivity index (χ0n) is 15.0. The third-order valence-electron chi connectivity index (χ3n) is 4.32. The Kier molecular flexibility index (Phi) is 4.62. The van der Waals surface area contributed by atoms with Crippen molar-refractivity contribution in [3.05, 3.63) is 64.7 Å². The summed E-state index contributed by atoms with van der Waals surface area (Å²) < 4.78 is 0. The standard InChI is InChI=1S/C20H17N5O2S/c1-2-22-18(26)15-10-14-17(23-20(21)24-19(14)28-15)16(25-27)13-8-7-11-5-3-4-6-12(11)9-13/h3-10,27H,2H2,1H3,(H,22,26)(H2,21,23,24). The first-order valence-electron chi connectivity index (χ1n) is 8.67. The van der Waals surface area contributed by atoms with Crippen molar-refractivity contribution in [1.29, 1.82) is 0 Å². The number of nitrogens with two attached hydrogens (primary N) is 1. The van der Waals surface area contributed by atoms with Gasteiger partial charge in [-0.25, -0.2) is 9.97 Å². The first-order valence-corrected chi connectivity index (χ1v) is 9.49. The highest BCUT2D eigenvalue weighted by molar-refractivity contribution is 7.20. The Bertz CT molecular complexity index is 1230. The average molecular weight is 391 g/mol. The highest BCUT2D eigenvalue weighted by Crippen LogP contribution is 2.29. The van der Waals surface area contributed by atoms with Crippen molar-refractivity contribution in [3.63, 3.8) is 0 Å². The van der Waals surface area contributed by atoms with E-state index in [4.69, 9.17) is 5.73 Å². The number of hydrogen-bond donors (Lipinski definition) is 3. The first kappa shape index (κ1) is 17.9. The van der Waals surface area contributed by atoms with E-state index in [-0.39, 0.29) is 17.6 Å². The number of anilines is 1. The molecule has 28 heavy (non-hydrogen) atoms. The summed E-state index contributed by atoms with van der Waals surface area (Å²) in [6.45, 7) is 2.37. The molecule has 2 heterocycles. The summed E-state index contributed by atoms with van der Waals surface area (Å²) in [5, 5.41) is 18.7. The molecule has 0 atom stereocenters. The average Bonchev–Trinajstić information content (AvgIpc) is 3.13. The van der Waals surface area contributed by atoms with Crippen molar-refractivity contribution >= 4 is 49.9 Å². The number of amides is 1. The molecular weight excluding hydrogens is 374 g/mol. The van der Waals surface area contributed by atoms with Crippen LogP contribution in [0.5, 0.6) is 0 Å². The molecular formula is C20H17N5O2S. The monoisotopic (exact) mass is 391 g/mol. The summed E-state index contributed by atoms with van der Waals surface area (Å²) in [5.41, 5.74) is 7.21. The van der Waals surface area contributed by atoms with E-state index in [1.807, 2.05) is 49.4 Å². The van der Waals surface area contributed by atoms with E-state index in [1.54, 1.807) is 6.07 Å². The van der Waals surface area contributed by atoms with Crippen LogP contribution in [0.15, 0.2) is 53.7 Å². The van der Waals surface area contributed by atoms with Crippen LogP contribution in [0.25, 0.3) is 21.0 Å². The van der Waals surface area contributed by atoms with Gasteiger partial charge in [-0.2, -0.15) is 0 Å². The van der Waals surface area contributed by atoms with Gasteiger partial charge in [0, 0.05) is 17.5 Å². The number of aromatic nitrogens is 2. The molecule has 0 radical (unpaired) electrons. The van der Waals surface area contributed by atoms with Gasteiger partial charge < -0.3 is 16.3 Å². The second-order valence-corrected chi connectivity index (χ2v) is 7.16. The van der Waals surface area contributed by atoms with Crippen LogP contribution < -0.4 is 11.1 Å². The summed E-state index contributed by atoms with van der Waals surface area (Å²) >= 11 is 1.22. The van der Waals surface area contributed by atoms with Gasteiger partial charge in [0.05, 0.1) is 4.88 Å². The lowest BCUT2D eigenvalue weighted by molar-refractivity contribution is 0.0960. The minimum absolute atomic E-state index is 0.0498. The molecule has 0 bridgehead atoms. The first-order chi connectivity index (χ1) is 13.6. The zero-order chi connectivity index (χ0) is 19.7.